The molecule has 0 aromatic heterocycles. The van der Waals surface area contributed by atoms with E-state index in [1.165, 1.54) is 16.7 Å². The smallest absolute Gasteiger partial charge is 0.127 e. The van der Waals surface area contributed by atoms with Crippen LogP contribution in [-0.4, -0.2) is 12.1 Å². The van der Waals surface area contributed by atoms with E-state index in [1.807, 2.05) is 0 Å². The zero-order chi connectivity index (χ0) is 15.1. The number of hydrogen-bond donors (Lipinski definition) is 1. The van der Waals surface area contributed by atoms with Gasteiger partial charge in [0.25, 0.3) is 0 Å². The van der Waals surface area contributed by atoms with E-state index in [0.29, 0.717) is 12.1 Å². The van der Waals surface area contributed by atoms with Crippen molar-refractivity contribution in [1.29, 1.82) is 0 Å². The standard InChI is InChI=1S/C18H29NO/c1-11(2)19-16-9-13(4)20-17-12(3)8-14(10-15(16)17)18(5,6)7/h8,10-11,13,16,19H,9H2,1-7H3. The Morgan fingerprint density at radius 2 is 1.90 bits per heavy atom. The number of rotatable bonds is 2. The van der Waals surface area contributed by atoms with Crippen LogP contribution in [0.4, 0.5) is 0 Å². The number of aryl methyl sites for hydroxylation is 1. The van der Waals surface area contributed by atoms with E-state index in [1.54, 1.807) is 0 Å². The highest BCUT2D eigenvalue weighted by molar-refractivity contribution is 5.48. The first-order valence-corrected chi connectivity index (χ1v) is 7.76. The third-order valence-corrected chi connectivity index (χ3v) is 3.97. The van der Waals surface area contributed by atoms with Crippen molar-refractivity contribution in [2.45, 2.75) is 78.5 Å². The molecule has 1 N–H and O–H groups in total. The van der Waals surface area contributed by atoms with Crippen molar-refractivity contribution in [3.05, 3.63) is 28.8 Å². The molecule has 0 radical (unpaired) electrons. The van der Waals surface area contributed by atoms with E-state index in [0.717, 1.165) is 12.2 Å². The van der Waals surface area contributed by atoms with Crippen LogP contribution in [-0.2, 0) is 5.41 Å². The minimum atomic E-state index is 0.172. The fraction of sp³-hybridized carbons (Fsp3) is 0.667. The fourth-order valence-corrected chi connectivity index (χ4v) is 2.92. The summed E-state index contributed by atoms with van der Waals surface area (Å²) >= 11 is 0. The highest BCUT2D eigenvalue weighted by Crippen LogP contribution is 2.40. The van der Waals surface area contributed by atoms with E-state index in [-0.39, 0.29) is 11.5 Å². The molecule has 0 amide bonds. The molecule has 2 heteroatoms. The molecule has 0 fully saturated rings. The van der Waals surface area contributed by atoms with Crippen LogP contribution in [0.1, 0.15) is 70.7 Å². The minimum absolute atomic E-state index is 0.172. The lowest BCUT2D eigenvalue weighted by molar-refractivity contribution is 0.162. The largest absolute Gasteiger partial charge is 0.490 e. The Hall–Kier alpha value is -1.02. The van der Waals surface area contributed by atoms with Gasteiger partial charge in [-0.3, -0.25) is 0 Å². The van der Waals surface area contributed by atoms with E-state index in [4.69, 9.17) is 4.74 Å². The minimum Gasteiger partial charge on any atom is -0.490 e. The summed E-state index contributed by atoms with van der Waals surface area (Å²) in [5.41, 5.74) is 4.16. The Balaban J connectivity index is 2.49. The normalized spacial score (nSPS) is 22.6. The van der Waals surface area contributed by atoms with Crippen molar-refractivity contribution in [1.82, 2.24) is 5.32 Å². The molecule has 1 aromatic rings. The molecule has 1 aliphatic rings. The SMILES string of the molecule is Cc1cc(C(C)(C)C)cc2c1OC(C)CC2NC(C)C. The van der Waals surface area contributed by atoms with Crippen molar-refractivity contribution in [3.8, 4) is 5.75 Å². The van der Waals surface area contributed by atoms with Crippen LogP contribution in [0.25, 0.3) is 0 Å². The molecule has 0 aliphatic carbocycles. The van der Waals surface area contributed by atoms with E-state index >= 15 is 0 Å². The Morgan fingerprint density at radius 1 is 1.25 bits per heavy atom. The maximum absolute atomic E-state index is 6.10. The summed E-state index contributed by atoms with van der Waals surface area (Å²) in [5, 5.41) is 3.69. The lowest BCUT2D eigenvalue weighted by atomic mass is 9.82. The van der Waals surface area contributed by atoms with Gasteiger partial charge in [0.1, 0.15) is 5.75 Å². The molecular formula is C18H29NO. The van der Waals surface area contributed by atoms with E-state index < -0.39 is 0 Å². The number of ether oxygens (including phenoxy) is 1. The maximum Gasteiger partial charge on any atom is 0.127 e. The van der Waals surface area contributed by atoms with E-state index in [9.17, 15) is 0 Å². The van der Waals surface area contributed by atoms with E-state index in [2.05, 4.69) is 65.9 Å². The van der Waals surface area contributed by atoms with Gasteiger partial charge >= 0.3 is 0 Å². The molecule has 2 rings (SSSR count). The summed E-state index contributed by atoms with van der Waals surface area (Å²) in [4.78, 5) is 0. The average molecular weight is 275 g/mol. The lowest BCUT2D eigenvalue weighted by Crippen LogP contribution is -2.35. The third-order valence-electron chi connectivity index (χ3n) is 3.97. The fourth-order valence-electron chi connectivity index (χ4n) is 2.92. The molecule has 2 unspecified atom stereocenters. The van der Waals surface area contributed by atoms with Gasteiger partial charge in [0.15, 0.2) is 0 Å². The predicted octanol–water partition coefficient (Wildman–Crippen LogP) is 4.50. The summed E-state index contributed by atoms with van der Waals surface area (Å²) in [7, 11) is 0. The summed E-state index contributed by atoms with van der Waals surface area (Å²) in [6, 6.07) is 5.50. The molecule has 0 saturated heterocycles. The van der Waals surface area contributed by atoms with Gasteiger partial charge < -0.3 is 10.1 Å². The molecule has 0 saturated carbocycles. The average Bonchev–Trinajstić information content (AvgIpc) is 2.28. The number of nitrogens with one attached hydrogen (secondary N) is 1. The third kappa shape index (κ3) is 3.17. The second kappa shape index (κ2) is 5.40. The summed E-state index contributed by atoms with van der Waals surface area (Å²) in [6.45, 7) is 15.6. The van der Waals surface area contributed by atoms with Gasteiger partial charge in [-0.2, -0.15) is 0 Å². The summed E-state index contributed by atoms with van der Waals surface area (Å²) in [5.74, 6) is 1.09. The monoisotopic (exact) mass is 275 g/mol. The first kappa shape index (κ1) is 15.4. The number of benzene rings is 1. The molecular weight excluding hydrogens is 246 g/mol. The molecule has 20 heavy (non-hydrogen) atoms. The Morgan fingerprint density at radius 3 is 2.45 bits per heavy atom. The second-order valence-corrected chi connectivity index (χ2v) is 7.50. The van der Waals surface area contributed by atoms with Gasteiger partial charge in [0.05, 0.1) is 6.10 Å². The molecule has 2 atom stereocenters. The molecule has 1 aromatic carbocycles. The van der Waals surface area contributed by atoms with Crippen molar-refractivity contribution in [2.75, 3.05) is 0 Å². The van der Waals surface area contributed by atoms with Gasteiger partial charge in [0.2, 0.25) is 0 Å². The Labute approximate surface area is 123 Å². The predicted molar refractivity (Wildman–Crippen MR) is 85.6 cm³/mol. The Bertz CT molecular complexity index is 485. The van der Waals surface area contributed by atoms with Crippen LogP contribution < -0.4 is 10.1 Å². The topological polar surface area (TPSA) is 21.3 Å². The van der Waals surface area contributed by atoms with Crippen molar-refractivity contribution >= 4 is 0 Å². The molecule has 0 bridgehead atoms. The highest BCUT2D eigenvalue weighted by atomic mass is 16.5. The number of hydrogen-bond acceptors (Lipinski definition) is 2. The lowest BCUT2D eigenvalue weighted by Gasteiger charge is -2.35. The van der Waals surface area contributed by atoms with Crippen LogP contribution in [0.15, 0.2) is 12.1 Å². The maximum atomic E-state index is 6.10. The van der Waals surface area contributed by atoms with Crippen LogP contribution >= 0.6 is 0 Å². The second-order valence-electron chi connectivity index (χ2n) is 7.50. The van der Waals surface area contributed by atoms with Gasteiger partial charge in [-0.1, -0.05) is 40.7 Å². The van der Waals surface area contributed by atoms with Crippen molar-refractivity contribution in [2.24, 2.45) is 0 Å². The van der Waals surface area contributed by atoms with Crippen LogP contribution in [0.2, 0.25) is 0 Å². The highest BCUT2D eigenvalue weighted by Gasteiger charge is 2.29. The van der Waals surface area contributed by atoms with Gasteiger partial charge in [-0.05, 0) is 36.5 Å². The molecule has 1 aliphatic heterocycles. The summed E-state index contributed by atoms with van der Waals surface area (Å²) < 4.78 is 6.10. The molecule has 1 heterocycles. The number of fused-ring (bicyclic) bond motifs is 1. The van der Waals surface area contributed by atoms with Crippen LogP contribution in [0.5, 0.6) is 5.75 Å². The quantitative estimate of drug-likeness (QED) is 0.858. The Kier molecular flexibility index (Phi) is 4.15. The first-order chi connectivity index (χ1) is 9.18. The van der Waals surface area contributed by atoms with Gasteiger partial charge in [-0.25, -0.2) is 0 Å². The zero-order valence-electron chi connectivity index (χ0n) is 14.0. The van der Waals surface area contributed by atoms with Crippen molar-refractivity contribution in [3.63, 3.8) is 0 Å². The molecule has 2 nitrogen and oxygen atoms in total. The molecule has 0 spiro atoms. The zero-order valence-corrected chi connectivity index (χ0v) is 14.0. The molecule has 112 valence electrons. The van der Waals surface area contributed by atoms with Crippen molar-refractivity contribution < 1.29 is 4.74 Å². The van der Waals surface area contributed by atoms with Gasteiger partial charge in [-0.15, -0.1) is 0 Å². The van der Waals surface area contributed by atoms with Gasteiger partial charge in [0, 0.05) is 24.1 Å². The van der Waals surface area contributed by atoms with Crippen LogP contribution in [0.3, 0.4) is 0 Å². The summed E-state index contributed by atoms with van der Waals surface area (Å²) in [6.07, 6.45) is 1.32. The first-order valence-electron chi connectivity index (χ1n) is 7.76. The van der Waals surface area contributed by atoms with Crippen LogP contribution in [0, 0.1) is 6.92 Å².